The molecule has 1 aromatic heterocycles. The van der Waals surface area contributed by atoms with Crippen LogP contribution in [0.4, 0.5) is 0 Å². The zero-order valence-electron chi connectivity index (χ0n) is 7.70. The predicted molar refractivity (Wildman–Crippen MR) is 59.0 cm³/mol. The third kappa shape index (κ3) is 2.13. The lowest BCUT2D eigenvalue weighted by atomic mass is 10.2. The van der Waals surface area contributed by atoms with Gasteiger partial charge in [0, 0.05) is 5.02 Å². The van der Waals surface area contributed by atoms with Crippen LogP contribution in [0.2, 0.25) is 5.02 Å². The summed E-state index contributed by atoms with van der Waals surface area (Å²) in [4.78, 5) is 4.03. The quantitative estimate of drug-likeness (QED) is 0.852. The molecule has 0 aliphatic heterocycles. The monoisotopic (exact) mass is 288 g/mol. The van der Waals surface area contributed by atoms with Crippen LogP contribution in [0.3, 0.4) is 0 Å². The van der Waals surface area contributed by atoms with Gasteiger partial charge in [-0.25, -0.2) is 0 Å². The van der Waals surface area contributed by atoms with Gasteiger partial charge in [0.05, 0.1) is 12.7 Å². The normalized spacial score (nSPS) is 10.3. The molecule has 0 spiro atoms. The molecule has 0 atom stereocenters. The van der Waals surface area contributed by atoms with Gasteiger partial charge in [0.15, 0.2) is 0 Å². The minimum atomic E-state index is 0.362. The first-order chi connectivity index (χ1) is 7.20. The number of methoxy groups -OCH3 is 1. The van der Waals surface area contributed by atoms with E-state index < -0.39 is 0 Å². The first-order valence-corrected chi connectivity index (χ1v) is 5.21. The SMILES string of the molecule is COc1ccc(Cl)cc1-c1nc(Br)no1. The highest BCUT2D eigenvalue weighted by molar-refractivity contribution is 9.10. The summed E-state index contributed by atoms with van der Waals surface area (Å²) >= 11 is 8.98. The van der Waals surface area contributed by atoms with Gasteiger partial charge in [0.2, 0.25) is 4.73 Å². The van der Waals surface area contributed by atoms with Crippen molar-refractivity contribution in [1.29, 1.82) is 0 Å². The Labute approximate surface area is 99.3 Å². The first-order valence-electron chi connectivity index (χ1n) is 4.04. The Bertz CT molecular complexity index is 487. The fourth-order valence-electron chi connectivity index (χ4n) is 1.16. The topological polar surface area (TPSA) is 48.2 Å². The van der Waals surface area contributed by atoms with E-state index in [0.29, 0.717) is 27.0 Å². The summed E-state index contributed by atoms with van der Waals surface area (Å²) in [7, 11) is 1.57. The van der Waals surface area contributed by atoms with E-state index >= 15 is 0 Å². The van der Waals surface area contributed by atoms with Crippen molar-refractivity contribution < 1.29 is 9.26 Å². The second kappa shape index (κ2) is 4.20. The molecule has 0 saturated carbocycles. The van der Waals surface area contributed by atoms with Crippen molar-refractivity contribution in [2.45, 2.75) is 0 Å². The molecule has 1 heterocycles. The average molecular weight is 290 g/mol. The van der Waals surface area contributed by atoms with E-state index in [9.17, 15) is 0 Å². The second-order valence-electron chi connectivity index (χ2n) is 2.71. The molecule has 1 aromatic carbocycles. The van der Waals surface area contributed by atoms with Crippen LogP contribution in [0.15, 0.2) is 27.5 Å². The highest BCUT2D eigenvalue weighted by atomic mass is 79.9. The van der Waals surface area contributed by atoms with Crippen molar-refractivity contribution >= 4 is 27.5 Å². The highest BCUT2D eigenvalue weighted by Gasteiger charge is 2.13. The Morgan fingerprint density at radius 1 is 1.47 bits per heavy atom. The summed E-state index contributed by atoms with van der Waals surface area (Å²) in [5.74, 6) is 0.997. The van der Waals surface area contributed by atoms with Crippen molar-refractivity contribution in [1.82, 2.24) is 10.1 Å². The van der Waals surface area contributed by atoms with Gasteiger partial charge in [-0.3, -0.25) is 0 Å². The van der Waals surface area contributed by atoms with Crippen molar-refractivity contribution in [2.24, 2.45) is 0 Å². The Morgan fingerprint density at radius 2 is 2.27 bits per heavy atom. The fourth-order valence-corrected chi connectivity index (χ4v) is 1.57. The van der Waals surface area contributed by atoms with Gasteiger partial charge in [-0.05, 0) is 39.3 Å². The summed E-state index contributed by atoms with van der Waals surface area (Å²) in [6, 6.07) is 5.19. The third-order valence-corrected chi connectivity index (χ3v) is 2.35. The van der Waals surface area contributed by atoms with E-state index in [1.807, 2.05) is 0 Å². The number of hydrogen-bond acceptors (Lipinski definition) is 4. The van der Waals surface area contributed by atoms with Gasteiger partial charge in [-0.2, -0.15) is 4.98 Å². The van der Waals surface area contributed by atoms with Crippen LogP contribution in [0, 0.1) is 0 Å². The summed E-state index contributed by atoms with van der Waals surface area (Å²) in [6.45, 7) is 0. The van der Waals surface area contributed by atoms with Gasteiger partial charge < -0.3 is 9.26 Å². The van der Waals surface area contributed by atoms with Crippen molar-refractivity contribution in [3.63, 3.8) is 0 Å². The molecule has 6 heteroatoms. The van der Waals surface area contributed by atoms with Gasteiger partial charge in [0.25, 0.3) is 5.89 Å². The third-order valence-electron chi connectivity index (χ3n) is 1.79. The average Bonchev–Trinajstić information content (AvgIpc) is 2.65. The van der Waals surface area contributed by atoms with Crippen LogP contribution >= 0.6 is 27.5 Å². The predicted octanol–water partition coefficient (Wildman–Crippen LogP) is 3.16. The summed E-state index contributed by atoms with van der Waals surface area (Å²) in [6.07, 6.45) is 0. The minimum Gasteiger partial charge on any atom is -0.496 e. The van der Waals surface area contributed by atoms with Crippen LogP contribution in [-0.4, -0.2) is 17.3 Å². The van der Waals surface area contributed by atoms with Crippen molar-refractivity contribution in [3.8, 4) is 17.2 Å². The Kier molecular flexibility index (Phi) is 2.93. The molecular weight excluding hydrogens is 283 g/mol. The van der Waals surface area contributed by atoms with Crippen molar-refractivity contribution in [3.05, 3.63) is 28.0 Å². The molecule has 2 rings (SSSR count). The summed E-state index contributed by atoms with van der Waals surface area (Å²) < 4.78 is 10.6. The van der Waals surface area contributed by atoms with Gasteiger partial charge >= 0.3 is 0 Å². The van der Waals surface area contributed by atoms with Crippen LogP contribution < -0.4 is 4.74 Å². The van der Waals surface area contributed by atoms with Crippen LogP contribution in [-0.2, 0) is 0 Å². The number of aromatic nitrogens is 2. The molecule has 0 aliphatic rings. The van der Waals surface area contributed by atoms with Gasteiger partial charge in [-0.1, -0.05) is 11.6 Å². The van der Waals surface area contributed by atoms with Gasteiger partial charge in [-0.15, -0.1) is 0 Å². The second-order valence-corrected chi connectivity index (χ2v) is 3.86. The molecule has 78 valence electrons. The molecule has 0 unspecified atom stereocenters. The van der Waals surface area contributed by atoms with Crippen LogP contribution in [0.25, 0.3) is 11.5 Å². The molecule has 0 radical (unpaired) electrons. The molecule has 2 aromatic rings. The number of benzene rings is 1. The van der Waals surface area contributed by atoms with Crippen molar-refractivity contribution in [2.75, 3.05) is 7.11 Å². The van der Waals surface area contributed by atoms with Gasteiger partial charge in [0.1, 0.15) is 5.75 Å². The first kappa shape index (κ1) is 10.4. The maximum atomic E-state index is 5.87. The van der Waals surface area contributed by atoms with Crippen LogP contribution in [0.5, 0.6) is 5.75 Å². The standard InChI is InChI=1S/C9H6BrClN2O2/c1-14-7-3-2-5(11)4-6(7)8-12-9(10)13-15-8/h2-4H,1H3. The summed E-state index contributed by atoms with van der Waals surface area (Å²) in [5, 5.41) is 4.21. The van der Waals surface area contributed by atoms with E-state index in [0.717, 1.165) is 0 Å². The zero-order chi connectivity index (χ0) is 10.8. The Morgan fingerprint density at radius 3 is 2.87 bits per heavy atom. The molecule has 15 heavy (non-hydrogen) atoms. The molecule has 0 saturated heterocycles. The number of halogens is 2. The van der Waals surface area contributed by atoms with E-state index in [1.165, 1.54) is 0 Å². The Balaban J connectivity index is 2.55. The zero-order valence-corrected chi connectivity index (χ0v) is 10.0. The molecule has 0 fully saturated rings. The minimum absolute atomic E-state index is 0.362. The molecule has 4 nitrogen and oxygen atoms in total. The number of hydrogen-bond donors (Lipinski definition) is 0. The largest absolute Gasteiger partial charge is 0.496 e. The van der Waals surface area contributed by atoms with E-state index in [2.05, 4.69) is 26.1 Å². The number of ether oxygens (including phenoxy) is 1. The van der Waals surface area contributed by atoms with E-state index in [4.69, 9.17) is 20.9 Å². The maximum absolute atomic E-state index is 5.87. The highest BCUT2D eigenvalue weighted by Crippen LogP contribution is 2.31. The van der Waals surface area contributed by atoms with Crippen LogP contribution in [0.1, 0.15) is 0 Å². The molecule has 0 aliphatic carbocycles. The molecule has 0 N–H and O–H groups in total. The van der Waals surface area contributed by atoms with E-state index in [1.54, 1.807) is 25.3 Å². The fraction of sp³-hybridized carbons (Fsp3) is 0.111. The maximum Gasteiger partial charge on any atom is 0.262 e. The van der Waals surface area contributed by atoms with E-state index in [-0.39, 0.29) is 0 Å². The lowest BCUT2D eigenvalue weighted by Crippen LogP contribution is -1.87. The molecule has 0 amide bonds. The smallest absolute Gasteiger partial charge is 0.262 e. The number of nitrogens with zero attached hydrogens (tertiary/aromatic N) is 2. The Hall–Kier alpha value is -1.07. The lowest BCUT2D eigenvalue weighted by Gasteiger charge is -2.04. The molecule has 0 bridgehead atoms. The summed E-state index contributed by atoms with van der Waals surface area (Å²) in [5.41, 5.74) is 0.670. The lowest BCUT2D eigenvalue weighted by molar-refractivity contribution is 0.404. The molecular formula is C9H6BrClN2O2. The number of rotatable bonds is 2.